The Morgan fingerprint density at radius 2 is 2.16 bits per heavy atom. The highest BCUT2D eigenvalue weighted by Crippen LogP contribution is 2.37. The second-order valence-corrected chi connectivity index (χ2v) is 9.98. The number of aromatic nitrogens is 3. The molecule has 1 N–H and O–H groups in total. The SMILES string of the molecule is Cc1nc(C(=O)N2CCCC2c2nc3cc(Br)c(F)cc3[nH]2)c(-c2cccc(Cl)c2)s1. The van der Waals surface area contributed by atoms with E-state index in [2.05, 4.69) is 30.9 Å². The molecule has 1 saturated heterocycles. The number of benzene rings is 2. The summed E-state index contributed by atoms with van der Waals surface area (Å²) in [5.74, 6) is 0.176. The average Bonchev–Trinajstić information content (AvgIpc) is 3.45. The molecule has 1 atom stereocenters. The molecule has 1 unspecified atom stereocenters. The number of fused-ring (bicyclic) bond motifs is 1. The van der Waals surface area contributed by atoms with Crippen molar-refractivity contribution in [2.75, 3.05) is 6.54 Å². The lowest BCUT2D eigenvalue weighted by Crippen LogP contribution is -2.31. The minimum atomic E-state index is -0.355. The molecular formula is C22H17BrClFN4OS. The summed E-state index contributed by atoms with van der Waals surface area (Å²) in [7, 11) is 0. The minimum Gasteiger partial charge on any atom is -0.340 e. The van der Waals surface area contributed by atoms with Crippen LogP contribution in [0.15, 0.2) is 40.9 Å². The molecule has 2 aromatic heterocycles. The number of imidazole rings is 1. The zero-order chi connectivity index (χ0) is 21.7. The van der Waals surface area contributed by atoms with E-state index in [4.69, 9.17) is 11.6 Å². The van der Waals surface area contributed by atoms with Gasteiger partial charge in [-0.2, -0.15) is 0 Å². The molecule has 31 heavy (non-hydrogen) atoms. The van der Waals surface area contributed by atoms with Crippen LogP contribution >= 0.6 is 38.9 Å². The first-order chi connectivity index (χ1) is 14.9. The number of aromatic amines is 1. The Morgan fingerprint density at radius 1 is 1.32 bits per heavy atom. The van der Waals surface area contributed by atoms with Gasteiger partial charge in [0.25, 0.3) is 5.91 Å². The Hall–Kier alpha value is -2.29. The van der Waals surface area contributed by atoms with Gasteiger partial charge < -0.3 is 9.88 Å². The molecule has 1 amide bonds. The van der Waals surface area contributed by atoms with Crippen LogP contribution in [0.25, 0.3) is 21.5 Å². The second kappa shape index (κ2) is 8.00. The minimum absolute atomic E-state index is 0.130. The van der Waals surface area contributed by atoms with Crippen LogP contribution < -0.4 is 0 Å². The van der Waals surface area contributed by atoms with Crippen molar-refractivity contribution in [2.45, 2.75) is 25.8 Å². The van der Waals surface area contributed by atoms with E-state index in [0.29, 0.717) is 38.6 Å². The van der Waals surface area contributed by atoms with E-state index in [-0.39, 0.29) is 17.8 Å². The standard InChI is InChI=1S/C22H17BrClFN4OS/c1-11-26-19(20(31-11)12-4-2-5-13(24)8-12)22(30)29-7-3-6-18(29)21-27-16-9-14(23)15(25)10-17(16)28-21/h2,4-5,8-10,18H,3,6-7H2,1H3,(H,27,28). The summed E-state index contributed by atoms with van der Waals surface area (Å²) in [6.45, 7) is 2.51. The molecular weight excluding hydrogens is 503 g/mol. The molecule has 0 bridgehead atoms. The maximum absolute atomic E-state index is 13.9. The van der Waals surface area contributed by atoms with Crippen molar-refractivity contribution in [3.05, 3.63) is 68.2 Å². The average molecular weight is 520 g/mol. The van der Waals surface area contributed by atoms with Gasteiger partial charge in [0, 0.05) is 17.6 Å². The number of carbonyl (C=O) groups excluding carboxylic acids is 1. The molecule has 0 aliphatic carbocycles. The van der Waals surface area contributed by atoms with Gasteiger partial charge in [0.1, 0.15) is 17.3 Å². The molecule has 5 rings (SSSR count). The number of carbonyl (C=O) groups is 1. The summed E-state index contributed by atoms with van der Waals surface area (Å²) in [5.41, 5.74) is 2.58. The van der Waals surface area contributed by atoms with Gasteiger partial charge >= 0.3 is 0 Å². The maximum Gasteiger partial charge on any atom is 0.274 e. The van der Waals surface area contributed by atoms with Crippen molar-refractivity contribution in [1.82, 2.24) is 19.9 Å². The Balaban J connectivity index is 1.51. The Morgan fingerprint density at radius 3 is 2.97 bits per heavy atom. The van der Waals surface area contributed by atoms with Crippen LogP contribution in [0.4, 0.5) is 4.39 Å². The number of nitrogens with zero attached hydrogens (tertiary/aromatic N) is 3. The van der Waals surface area contributed by atoms with Gasteiger partial charge in [-0.3, -0.25) is 4.79 Å². The molecule has 0 saturated carbocycles. The van der Waals surface area contributed by atoms with Gasteiger partial charge in [-0.25, -0.2) is 14.4 Å². The summed E-state index contributed by atoms with van der Waals surface area (Å²) in [6, 6.07) is 10.3. The number of hydrogen-bond acceptors (Lipinski definition) is 4. The number of halogens is 3. The molecule has 4 aromatic rings. The fraction of sp³-hybridized carbons (Fsp3) is 0.227. The molecule has 1 fully saturated rings. The predicted octanol–water partition coefficient (Wildman–Crippen LogP) is 6.53. The molecule has 9 heteroatoms. The highest BCUT2D eigenvalue weighted by molar-refractivity contribution is 9.10. The van der Waals surface area contributed by atoms with Crippen LogP contribution in [-0.4, -0.2) is 32.3 Å². The molecule has 1 aliphatic rings. The predicted molar refractivity (Wildman–Crippen MR) is 124 cm³/mol. The molecule has 5 nitrogen and oxygen atoms in total. The first kappa shape index (κ1) is 20.6. The van der Waals surface area contributed by atoms with Gasteiger partial charge in [-0.05, 0) is 59.5 Å². The van der Waals surface area contributed by atoms with E-state index in [1.807, 2.05) is 30.0 Å². The Labute approximate surface area is 195 Å². The quantitative estimate of drug-likeness (QED) is 0.335. The Bertz CT molecular complexity index is 1280. The third-order valence-corrected chi connectivity index (χ3v) is 7.26. The van der Waals surface area contributed by atoms with Crippen LogP contribution in [0.3, 0.4) is 0 Å². The van der Waals surface area contributed by atoms with Crippen molar-refractivity contribution in [3.8, 4) is 10.4 Å². The first-order valence-electron chi connectivity index (χ1n) is 9.79. The van der Waals surface area contributed by atoms with Crippen molar-refractivity contribution in [1.29, 1.82) is 0 Å². The van der Waals surface area contributed by atoms with Crippen molar-refractivity contribution in [2.24, 2.45) is 0 Å². The lowest BCUT2D eigenvalue weighted by atomic mass is 10.1. The molecule has 3 heterocycles. The number of likely N-dealkylation sites (tertiary alicyclic amines) is 1. The number of nitrogens with one attached hydrogen (secondary N) is 1. The smallest absolute Gasteiger partial charge is 0.274 e. The summed E-state index contributed by atoms with van der Waals surface area (Å²) in [4.78, 5) is 28.6. The first-order valence-corrected chi connectivity index (χ1v) is 11.8. The summed E-state index contributed by atoms with van der Waals surface area (Å²) < 4.78 is 14.3. The van der Waals surface area contributed by atoms with E-state index in [1.54, 1.807) is 12.1 Å². The molecule has 2 aromatic carbocycles. The van der Waals surface area contributed by atoms with Crippen molar-refractivity contribution >= 4 is 55.8 Å². The molecule has 1 aliphatic heterocycles. The summed E-state index contributed by atoms with van der Waals surface area (Å²) in [5, 5.41) is 1.43. The van der Waals surface area contributed by atoms with Crippen LogP contribution in [0, 0.1) is 12.7 Å². The van der Waals surface area contributed by atoms with Gasteiger partial charge in [-0.15, -0.1) is 11.3 Å². The lowest BCUT2D eigenvalue weighted by Gasteiger charge is -2.22. The van der Waals surface area contributed by atoms with Crippen LogP contribution in [0.1, 0.15) is 40.2 Å². The van der Waals surface area contributed by atoms with Crippen LogP contribution in [-0.2, 0) is 0 Å². The number of aryl methyl sites for hydroxylation is 1. The number of H-pyrrole nitrogens is 1. The molecule has 0 radical (unpaired) electrons. The van der Waals surface area contributed by atoms with Crippen molar-refractivity contribution < 1.29 is 9.18 Å². The van der Waals surface area contributed by atoms with Gasteiger partial charge in [0.05, 0.1) is 31.4 Å². The van der Waals surface area contributed by atoms with Gasteiger partial charge in [-0.1, -0.05) is 23.7 Å². The third-order valence-electron chi connectivity index (χ3n) is 5.40. The topological polar surface area (TPSA) is 61.9 Å². The summed E-state index contributed by atoms with van der Waals surface area (Å²) in [6.07, 6.45) is 1.64. The summed E-state index contributed by atoms with van der Waals surface area (Å²) >= 11 is 10.9. The highest BCUT2D eigenvalue weighted by Gasteiger charge is 2.35. The largest absolute Gasteiger partial charge is 0.340 e. The Kier molecular flexibility index (Phi) is 5.32. The molecule has 158 valence electrons. The van der Waals surface area contributed by atoms with E-state index in [9.17, 15) is 9.18 Å². The van der Waals surface area contributed by atoms with E-state index < -0.39 is 0 Å². The second-order valence-electron chi connectivity index (χ2n) is 7.48. The zero-order valence-electron chi connectivity index (χ0n) is 16.5. The van der Waals surface area contributed by atoms with Gasteiger partial charge in [0.15, 0.2) is 0 Å². The van der Waals surface area contributed by atoms with Gasteiger partial charge in [0.2, 0.25) is 0 Å². The third kappa shape index (κ3) is 3.77. The van der Waals surface area contributed by atoms with E-state index in [0.717, 1.165) is 28.3 Å². The van der Waals surface area contributed by atoms with E-state index in [1.165, 1.54) is 17.4 Å². The number of thiazole rings is 1. The van der Waals surface area contributed by atoms with Crippen LogP contribution in [0.2, 0.25) is 5.02 Å². The fourth-order valence-electron chi connectivity index (χ4n) is 4.01. The molecule has 0 spiro atoms. The monoisotopic (exact) mass is 518 g/mol. The number of amides is 1. The van der Waals surface area contributed by atoms with E-state index >= 15 is 0 Å². The highest BCUT2D eigenvalue weighted by atomic mass is 79.9. The lowest BCUT2D eigenvalue weighted by molar-refractivity contribution is 0.0726. The normalized spacial score (nSPS) is 16.4. The van der Waals surface area contributed by atoms with Crippen molar-refractivity contribution in [3.63, 3.8) is 0 Å². The van der Waals surface area contributed by atoms with Crippen LogP contribution in [0.5, 0.6) is 0 Å². The number of rotatable bonds is 3. The number of hydrogen-bond donors (Lipinski definition) is 1. The zero-order valence-corrected chi connectivity index (χ0v) is 19.6. The maximum atomic E-state index is 13.9. The fourth-order valence-corrected chi connectivity index (χ4v) is 5.44.